The number of carbonyl (C=O) groups is 1. The number of nitrogens with one attached hydrogen (secondary N) is 1. The number of Topliss-reactive ketones (excluding diaryl/α,β-unsaturated/α-hetero) is 1. The molecule has 7 heteroatoms. The first-order chi connectivity index (χ1) is 14.5. The van der Waals surface area contributed by atoms with Crippen molar-refractivity contribution in [3.63, 3.8) is 0 Å². The number of carbonyl (C=O) groups excluding carboxylic acids is 1. The minimum absolute atomic E-state index is 0.100. The Morgan fingerprint density at radius 2 is 1.93 bits per heavy atom. The average Bonchev–Trinajstić information content (AvgIpc) is 3.26. The molecule has 30 heavy (non-hydrogen) atoms. The van der Waals surface area contributed by atoms with Crippen LogP contribution < -0.4 is 10.1 Å². The smallest absolute Gasteiger partial charge is 0.177 e. The van der Waals surface area contributed by atoms with E-state index in [-0.39, 0.29) is 23.9 Å². The van der Waals surface area contributed by atoms with Crippen LogP contribution in [0.1, 0.15) is 43.4 Å². The molecular weight excluding hydrogens is 395 g/mol. The summed E-state index contributed by atoms with van der Waals surface area (Å²) >= 11 is 0. The minimum Gasteiger partial charge on any atom is -0.487 e. The summed E-state index contributed by atoms with van der Waals surface area (Å²) in [5.74, 6) is 0.689. The highest BCUT2D eigenvalue weighted by Crippen LogP contribution is 2.24. The molecule has 1 N–H and O–H groups in total. The van der Waals surface area contributed by atoms with Gasteiger partial charge in [0.1, 0.15) is 23.7 Å². The third kappa shape index (κ3) is 6.90. The van der Waals surface area contributed by atoms with Gasteiger partial charge in [0.15, 0.2) is 5.78 Å². The molecule has 0 saturated carbocycles. The van der Waals surface area contributed by atoms with Gasteiger partial charge in [0.25, 0.3) is 0 Å². The Bertz CT molecular complexity index is 957. The van der Waals surface area contributed by atoms with Crippen LogP contribution in [0.4, 0.5) is 0 Å². The fourth-order valence-corrected chi connectivity index (χ4v) is 2.88. The second kappa shape index (κ2) is 12.0. The first kappa shape index (κ1) is 23.5. The van der Waals surface area contributed by atoms with Gasteiger partial charge >= 0.3 is 0 Å². The van der Waals surface area contributed by atoms with E-state index >= 15 is 0 Å². The summed E-state index contributed by atoms with van der Waals surface area (Å²) in [5.41, 5.74) is 3.23. The molecule has 158 valence electrons. The second-order valence-electron chi connectivity index (χ2n) is 6.36. The van der Waals surface area contributed by atoms with Gasteiger partial charge < -0.3 is 10.1 Å². The molecule has 6 nitrogen and oxygen atoms in total. The highest BCUT2D eigenvalue weighted by Gasteiger charge is 2.09. The summed E-state index contributed by atoms with van der Waals surface area (Å²) in [6.07, 6.45) is 1.65. The predicted octanol–water partition coefficient (Wildman–Crippen LogP) is 4.61. The quantitative estimate of drug-likeness (QED) is 0.401. The van der Waals surface area contributed by atoms with Crippen LogP contribution in [-0.4, -0.2) is 20.8 Å². The number of hydrogen-bond donors (Lipinski definition) is 1. The summed E-state index contributed by atoms with van der Waals surface area (Å²) < 4.78 is 7.20. The Morgan fingerprint density at radius 3 is 2.63 bits per heavy atom. The molecule has 0 amide bonds. The van der Waals surface area contributed by atoms with Crippen LogP contribution in [0.2, 0.25) is 0 Å². The molecule has 3 rings (SSSR count). The van der Waals surface area contributed by atoms with E-state index in [9.17, 15) is 4.79 Å². The molecule has 2 unspecified atom stereocenters. The summed E-state index contributed by atoms with van der Waals surface area (Å²) in [6.45, 7) is 10.2. The third-order valence-corrected chi connectivity index (χ3v) is 4.82. The van der Waals surface area contributed by atoms with E-state index < -0.39 is 0 Å². The lowest BCUT2D eigenvalue weighted by Gasteiger charge is -2.15. The highest BCUT2D eigenvalue weighted by atomic mass is 31.0. The summed E-state index contributed by atoms with van der Waals surface area (Å²) in [6, 6.07) is 18.2. The molecule has 0 saturated heterocycles. The van der Waals surface area contributed by atoms with Crippen molar-refractivity contribution < 1.29 is 9.53 Å². The Balaban J connectivity index is 0.00000155. The van der Waals surface area contributed by atoms with Crippen molar-refractivity contribution in [2.24, 2.45) is 0 Å². The molecule has 3 aromatic rings. The number of hydrogen-bond acceptors (Lipinski definition) is 5. The van der Waals surface area contributed by atoms with Crippen molar-refractivity contribution >= 4 is 20.7 Å². The monoisotopic (exact) mass is 424 g/mol. The number of ketones is 1. The first-order valence-corrected chi connectivity index (χ1v) is 10.6. The lowest BCUT2D eigenvalue weighted by Crippen LogP contribution is -2.15. The van der Waals surface area contributed by atoms with Gasteiger partial charge in [-0.05, 0) is 23.3 Å². The van der Waals surface area contributed by atoms with Crippen LogP contribution in [0, 0.1) is 0 Å². The van der Waals surface area contributed by atoms with E-state index in [1.807, 2.05) is 50.2 Å². The number of ether oxygens (including phenoxy) is 1. The van der Waals surface area contributed by atoms with Crippen molar-refractivity contribution in [1.29, 1.82) is 0 Å². The van der Waals surface area contributed by atoms with Crippen LogP contribution in [0.25, 0.3) is 5.70 Å². The van der Waals surface area contributed by atoms with Gasteiger partial charge in [-0.2, -0.15) is 0 Å². The van der Waals surface area contributed by atoms with Gasteiger partial charge in [-0.3, -0.25) is 4.79 Å². The van der Waals surface area contributed by atoms with Gasteiger partial charge in [0, 0.05) is 19.3 Å². The van der Waals surface area contributed by atoms with Gasteiger partial charge in [-0.25, -0.2) is 4.68 Å². The maximum atomic E-state index is 11.4. The van der Waals surface area contributed by atoms with Gasteiger partial charge in [0.2, 0.25) is 0 Å². The van der Waals surface area contributed by atoms with Crippen molar-refractivity contribution in [2.75, 3.05) is 0 Å². The molecule has 0 bridgehead atoms. The lowest BCUT2D eigenvalue weighted by atomic mass is 10.2. The van der Waals surface area contributed by atoms with E-state index in [0.29, 0.717) is 5.69 Å². The van der Waals surface area contributed by atoms with Crippen LogP contribution in [0.15, 0.2) is 67.4 Å². The van der Waals surface area contributed by atoms with E-state index in [4.69, 9.17) is 4.74 Å². The van der Waals surface area contributed by atoms with Crippen LogP contribution in [-0.2, 0) is 17.9 Å². The molecule has 2 aromatic carbocycles. The normalized spacial score (nSPS) is 11.2. The Morgan fingerprint density at radius 1 is 1.20 bits per heavy atom. The summed E-state index contributed by atoms with van der Waals surface area (Å²) in [5, 5.41) is 11.4. The highest BCUT2D eigenvalue weighted by molar-refractivity contribution is 7.17. The standard InChI is InChI=1S/C21H23N4O2P.C2H6/c1-15(16(2)26)25-13-19(23-24-25)14-27-20-10-6-9-18(11-20)21(28)22-12-17-7-4-3-5-8-17;1-2/h3-11,13,21-22H,1,12,14,28H2,2H3;1-2H3. The number of allylic oxidation sites excluding steroid dienone is 1. The summed E-state index contributed by atoms with van der Waals surface area (Å²) in [4.78, 5) is 11.4. The predicted molar refractivity (Wildman–Crippen MR) is 124 cm³/mol. The zero-order valence-corrected chi connectivity index (χ0v) is 18.9. The van der Waals surface area contributed by atoms with Crippen LogP contribution in [0.5, 0.6) is 5.75 Å². The largest absolute Gasteiger partial charge is 0.487 e. The van der Waals surface area contributed by atoms with E-state index in [2.05, 4.69) is 49.6 Å². The molecule has 0 fully saturated rings. The van der Waals surface area contributed by atoms with Crippen molar-refractivity contribution in [3.8, 4) is 5.75 Å². The fraction of sp³-hybridized carbons (Fsp3) is 0.261. The zero-order chi connectivity index (χ0) is 21.9. The Kier molecular flexibility index (Phi) is 9.39. The van der Waals surface area contributed by atoms with Crippen molar-refractivity contribution in [1.82, 2.24) is 20.3 Å². The van der Waals surface area contributed by atoms with Crippen LogP contribution >= 0.6 is 9.24 Å². The Hall–Kier alpha value is -2.82. The van der Waals surface area contributed by atoms with Gasteiger partial charge in [0.05, 0.1) is 6.20 Å². The van der Waals surface area contributed by atoms with Crippen molar-refractivity contribution in [3.05, 3.63) is 84.2 Å². The van der Waals surface area contributed by atoms with E-state index in [1.54, 1.807) is 6.20 Å². The molecular formula is C23H29N4O2P. The molecule has 0 aliphatic carbocycles. The minimum atomic E-state index is -0.153. The van der Waals surface area contributed by atoms with Gasteiger partial charge in [-0.15, -0.1) is 14.3 Å². The Labute approximate surface area is 180 Å². The molecule has 1 aromatic heterocycles. The topological polar surface area (TPSA) is 69.0 Å². The number of aromatic nitrogens is 3. The maximum absolute atomic E-state index is 11.4. The van der Waals surface area contributed by atoms with Crippen LogP contribution in [0.3, 0.4) is 0 Å². The number of nitrogens with zero attached hydrogens (tertiary/aromatic N) is 3. The molecule has 2 atom stereocenters. The average molecular weight is 424 g/mol. The molecule has 0 aliphatic heterocycles. The van der Waals surface area contributed by atoms with Gasteiger partial charge in [-0.1, -0.05) is 68.1 Å². The van der Waals surface area contributed by atoms with E-state index in [1.165, 1.54) is 17.2 Å². The van der Waals surface area contributed by atoms with E-state index in [0.717, 1.165) is 17.9 Å². The molecule has 0 radical (unpaired) electrons. The molecule has 1 heterocycles. The maximum Gasteiger partial charge on any atom is 0.177 e. The zero-order valence-electron chi connectivity index (χ0n) is 17.7. The van der Waals surface area contributed by atoms with Crippen molar-refractivity contribution in [2.45, 2.75) is 39.7 Å². The molecule has 0 aliphatic rings. The SMILES string of the molecule is C=C(C(C)=O)n1cc(COc2cccc(C(P)NCc3ccccc3)c2)nn1.CC. The number of benzene rings is 2. The lowest BCUT2D eigenvalue weighted by molar-refractivity contribution is -0.112. The fourth-order valence-electron chi connectivity index (χ4n) is 2.55. The molecule has 0 spiro atoms. The second-order valence-corrected chi connectivity index (χ2v) is 7.03. The first-order valence-electron chi connectivity index (χ1n) is 9.90. The number of rotatable bonds is 9. The summed E-state index contributed by atoms with van der Waals surface area (Å²) in [7, 11) is 2.81. The third-order valence-electron chi connectivity index (χ3n) is 4.20.